The molecule has 0 nitrogen and oxygen atoms in total. The van der Waals surface area contributed by atoms with Crippen LogP contribution < -0.4 is 0 Å². The van der Waals surface area contributed by atoms with Crippen LogP contribution in [0.4, 0.5) is 0 Å². The van der Waals surface area contributed by atoms with E-state index in [9.17, 15) is 0 Å². The van der Waals surface area contributed by atoms with Crippen molar-refractivity contribution in [2.24, 2.45) is 40.4 Å². The number of hydrogen-bond donors (Lipinski definition) is 0. The van der Waals surface area contributed by atoms with Gasteiger partial charge in [0.05, 0.1) is 0 Å². The third-order valence-electron chi connectivity index (χ3n) is 6.61. The van der Waals surface area contributed by atoms with E-state index in [1.165, 1.54) is 29.6 Å². The van der Waals surface area contributed by atoms with Gasteiger partial charge in [-0.25, -0.2) is 0 Å². The smallest absolute Gasteiger partial charge is 0.0193 e. The minimum absolute atomic E-state index is 0.883. The van der Waals surface area contributed by atoms with E-state index in [4.69, 9.17) is 0 Å². The van der Waals surface area contributed by atoms with Gasteiger partial charge >= 0.3 is 0 Å². The van der Waals surface area contributed by atoms with E-state index in [0.717, 1.165) is 10.8 Å². The molecule has 5 aliphatic rings. The molecule has 58 valence electrons. The van der Waals surface area contributed by atoms with Gasteiger partial charge in [-0.05, 0) is 59.7 Å². The second-order valence-electron chi connectivity index (χ2n) is 6.22. The molecule has 0 amide bonds. The zero-order chi connectivity index (χ0) is 7.01. The van der Waals surface area contributed by atoms with Gasteiger partial charge in [0, 0.05) is 0 Å². The van der Waals surface area contributed by atoms with Crippen LogP contribution in [0.5, 0.6) is 0 Å². The summed E-state index contributed by atoms with van der Waals surface area (Å²) in [4.78, 5) is 0. The van der Waals surface area contributed by atoms with E-state index in [0.29, 0.717) is 0 Å². The molecule has 5 fully saturated rings. The van der Waals surface area contributed by atoms with Crippen LogP contribution in [-0.4, -0.2) is 0 Å². The van der Waals surface area contributed by atoms with Crippen molar-refractivity contribution in [3.63, 3.8) is 0 Å². The summed E-state index contributed by atoms with van der Waals surface area (Å²) < 4.78 is 0. The Morgan fingerprint density at radius 2 is 2.09 bits per heavy atom. The van der Waals surface area contributed by atoms with E-state index >= 15 is 0 Å². The highest BCUT2D eigenvalue weighted by molar-refractivity contribution is 5.41. The average molecular weight is 146 g/mol. The molecule has 1 spiro atoms. The molecule has 7 unspecified atom stereocenters. The topological polar surface area (TPSA) is 0 Å². The molecule has 0 radical (unpaired) electrons. The summed E-state index contributed by atoms with van der Waals surface area (Å²) in [6.07, 6.45) is 4.96. The molecule has 0 aromatic rings. The third-order valence-corrected chi connectivity index (χ3v) is 6.61. The van der Waals surface area contributed by atoms with Crippen molar-refractivity contribution in [3.05, 3.63) is 0 Å². The molecular weight excluding hydrogens is 132 g/mol. The fraction of sp³-hybridized carbons (Fsp3) is 1.00. The predicted octanol–water partition coefficient (Wildman–Crippen LogP) is 2.30. The van der Waals surface area contributed by atoms with Crippen LogP contribution in [0.1, 0.15) is 26.2 Å². The Morgan fingerprint density at radius 1 is 1.18 bits per heavy atom. The van der Waals surface area contributed by atoms with Crippen LogP contribution in [0.25, 0.3) is 0 Å². The first-order valence-corrected chi connectivity index (χ1v) is 5.28. The first-order chi connectivity index (χ1) is 5.28. The molecule has 11 heavy (non-hydrogen) atoms. The molecular formula is C11H14. The first-order valence-electron chi connectivity index (χ1n) is 5.28. The molecule has 7 atom stereocenters. The summed E-state index contributed by atoms with van der Waals surface area (Å²) in [7, 11) is 0. The Balaban J connectivity index is 1.92. The maximum absolute atomic E-state index is 2.60. The van der Waals surface area contributed by atoms with E-state index in [-0.39, 0.29) is 0 Å². The number of rotatable bonds is 0. The predicted molar refractivity (Wildman–Crippen MR) is 41.8 cm³/mol. The van der Waals surface area contributed by atoms with Gasteiger partial charge in [0.1, 0.15) is 0 Å². The highest BCUT2D eigenvalue weighted by Gasteiger charge is 2.93. The van der Waals surface area contributed by atoms with Crippen LogP contribution in [0, 0.1) is 40.4 Å². The maximum Gasteiger partial charge on any atom is -0.0193 e. The van der Waals surface area contributed by atoms with Gasteiger partial charge in [0.25, 0.3) is 0 Å². The quantitative estimate of drug-likeness (QED) is 0.492. The summed E-state index contributed by atoms with van der Waals surface area (Å²) in [6, 6.07) is 0. The van der Waals surface area contributed by atoms with Gasteiger partial charge in [-0.2, -0.15) is 0 Å². The van der Waals surface area contributed by atoms with Crippen molar-refractivity contribution in [2.75, 3.05) is 0 Å². The first kappa shape index (κ1) is 4.89. The van der Waals surface area contributed by atoms with Gasteiger partial charge in [0.2, 0.25) is 0 Å². The SMILES string of the molecule is CC12CC34C5CC1C(CC23)C54. The van der Waals surface area contributed by atoms with Gasteiger partial charge in [-0.1, -0.05) is 6.92 Å². The Labute approximate surface area is 67.4 Å². The second-order valence-corrected chi connectivity index (χ2v) is 6.22. The highest BCUT2D eigenvalue weighted by atomic mass is 15.0. The second kappa shape index (κ2) is 0.900. The van der Waals surface area contributed by atoms with Crippen LogP contribution in [0.3, 0.4) is 0 Å². The molecule has 0 aromatic heterocycles. The standard InChI is InChI=1S/C11H14/c1-10-4-11-7-3-6(10)5(9(7)11)2-8(10)11/h5-9H,2-4H2,1H3. The lowest BCUT2D eigenvalue weighted by Gasteiger charge is -2.60. The Bertz CT molecular complexity index is 283. The molecule has 0 heteroatoms. The lowest BCUT2D eigenvalue weighted by Crippen LogP contribution is -2.54. The fourth-order valence-corrected chi connectivity index (χ4v) is 6.68. The summed E-state index contributed by atoms with van der Waals surface area (Å²) in [5.74, 6) is 6.22. The van der Waals surface area contributed by atoms with Crippen LogP contribution >= 0.6 is 0 Å². The lowest BCUT2D eigenvalue weighted by atomic mass is 9.44. The maximum atomic E-state index is 2.60. The van der Waals surface area contributed by atoms with E-state index in [1.54, 1.807) is 19.3 Å². The zero-order valence-corrected chi connectivity index (χ0v) is 7.01. The minimum Gasteiger partial charge on any atom is -0.0591 e. The minimum atomic E-state index is 0.883. The normalized spacial score (nSPS) is 90.8. The molecule has 5 rings (SSSR count). The molecule has 2 bridgehead atoms. The van der Waals surface area contributed by atoms with Gasteiger partial charge in [-0.15, -0.1) is 0 Å². The van der Waals surface area contributed by atoms with Crippen LogP contribution in [0.15, 0.2) is 0 Å². The Hall–Kier alpha value is 0. The molecule has 5 saturated carbocycles. The highest BCUT2D eigenvalue weighted by Crippen LogP contribution is 2.99. The van der Waals surface area contributed by atoms with Gasteiger partial charge in [0.15, 0.2) is 0 Å². The number of hydrogen-bond acceptors (Lipinski definition) is 0. The molecule has 0 saturated heterocycles. The van der Waals surface area contributed by atoms with Crippen LogP contribution in [0.2, 0.25) is 0 Å². The Kier molecular flexibility index (Phi) is 0.400. The Morgan fingerprint density at radius 3 is 2.64 bits per heavy atom. The van der Waals surface area contributed by atoms with E-state index in [1.807, 2.05) is 0 Å². The summed E-state index contributed by atoms with van der Waals surface area (Å²) >= 11 is 0. The van der Waals surface area contributed by atoms with E-state index < -0.39 is 0 Å². The molecule has 5 aliphatic carbocycles. The summed E-state index contributed by atoms with van der Waals surface area (Å²) in [5.41, 5.74) is 1.89. The van der Waals surface area contributed by atoms with Crippen molar-refractivity contribution >= 4 is 0 Å². The zero-order valence-electron chi connectivity index (χ0n) is 7.01. The molecule has 0 aromatic carbocycles. The largest absolute Gasteiger partial charge is 0.0591 e. The number of fused-ring (bicyclic) bond motifs is 1. The third kappa shape index (κ3) is 0.219. The van der Waals surface area contributed by atoms with Gasteiger partial charge < -0.3 is 0 Å². The van der Waals surface area contributed by atoms with Crippen molar-refractivity contribution in [1.82, 2.24) is 0 Å². The molecule has 0 N–H and O–H groups in total. The summed E-state index contributed by atoms with van der Waals surface area (Å²) in [6.45, 7) is 2.60. The molecule has 0 aliphatic heterocycles. The van der Waals surface area contributed by atoms with Crippen molar-refractivity contribution in [2.45, 2.75) is 26.2 Å². The van der Waals surface area contributed by atoms with Gasteiger partial charge in [-0.3, -0.25) is 0 Å². The van der Waals surface area contributed by atoms with Crippen LogP contribution in [-0.2, 0) is 0 Å². The average Bonchev–Trinajstić information content (AvgIpc) is 2.35. The summed E-state index contributed by atoms with van der Waals surface area (Å²) in [5, 5.41) is 0. The van der Waals surface area contributed by atoms with Crippen molar-refractivity contribution in [1.29, 1.82) is 0 Å². The van der Waals surface area contributed by atoms with Crippen molar-refractivity contribution in [3.8, 4) is 0 Å². The monoisotopic (exact) mass is 146 g/mol. The fourth-order valence-electron chi connectivity index (χ4n) is 6.68. The van der Waals surface area contributed by atoms with Crippen molar-refractivity contribution < 1.29 is 0 Å². The lowest BCUT2D eigenvalue weighted by molar-refractivity contribution is -0.120. The molecule has 0 heterocycles. The van der Waals surface area contributed by atoms with E-state index in [2.05, 4.69) is 6.92 Å².